The molecule has 1 heteroatoms. The average molecular weight is 213 g/mol. The molecule has 0 spiro atoms. The lowest BCUT2D eigenvalue weighted by atomic mass is 9.98. The van der Waals surface area contributed by atoms with Crippen LogP contribution in [0.15, 0.2) is 54.6 Å². The Bertz CT molecular complexity index is 425. The second-order valence-corrected chi connectivity index (χ2v) is 3.71. The van der Waals surface area contributed by atoms with E-state index in [0.29, 0.717) is 6.54 Å². The lowest BCUT2D eigenvalue weighted by Crippen LogP contribution is -1.96. The van der Waals surface area contributed by atoms with Crippen molar-refractivity contribution in [3.63, 3.8) is 0 Å². The molecule has 0 saturated carbocycles. The van der Waals surface area contributed by atoms with Crippen molar-refractivity contribution >= 4 is 5.57 Å². The largest absolute Gasteiger partial charge is 0.326 e. The molecular formula is C15H19N. The van der Waals surface area contributed by atoms with Gasteiger partial charge in [-0.15, -0.1) is 0 Å². The zero-order valence-electron chi connectivity index (χ0n) is 10.0. The number of benzene rings is 1. The van der Waals surface area contributed by atoms with Gasteiger partial charge in [-0.2, -0.15) is 0 Å². The molecule has 0 aliphatic heterocycles. The molecule has 1 nitrogen and oxygen atoms in total. The van der Waals surface area contributed by atoms with Crippen LogP contribution in [0.5, 0.6) is 0 Å². The van der Waals surface area contributed by atoms with Gasteiger partial charge < -0.3 is 5.73 Å². The molecule has 0 saturated heterocycles. The lowest BCUT2D eigenvalue weighted by Gasteiger charge is -2.07. The number of hydrogen-bond acceptors (Lipinski definition) is 1. The highest BCUT2D eigenvalue weighted by Gasteiger charge is 2.01. The maximum Gasteiger partial charge on any atom is 0.0178 e. The van der Waals surface area contributed by atoms with Gasteiger partial charge in [-0.3, -0.25) is 0 Å². The Balaban J connectivity index is 3.23. The van der Waals surface area contributed by atoms with E-state index >= 15 is 0 Å². The van der Waals surface area contributed by atoms with Crippen LogP contribution in [0.2, 0.25) is 0 Å². The summed E-state index contributed by atoms with van der Waals surface area (Å²) in [6, 6.07) is 8.27. The van der Waals surface area contributed by atoms with Gasteiger partial charge in [-0.1, -0.05) is 43.0 Å². The van der Waals surface area contributed by atoms with Crippen molar-refractivity contribution in [3.05, 3.63) is 65.8 Å². The minimum Gasteiger partial charge on any atom is -0.326 e. The van der Waals surface area contributed by atoms with E-state index in [1.165, 1.54) is 11.1 Å². The van der Waals surface area contributed by atoms with Crippen LogP contribution in [-0.2, 0) is 6.54 Å². The van der Waals surface area contributed by atoms with E-state index in [1.807, 2.05) is 31.2 Å². The number of rotatable bonds is 4. The molecule has 0 heterocycles. The summed E-state index contributed by atoms with van der Waals surface area (Å²) in [5.74, 6) is 0. The molecule has 0 amide bonds. The highest BCUT2D eigenvalue weighted by molar-refractivity contribution is 5.77. The third-order valence-corrected chi connectivity index (χ3v) is 2.52. The second kappa shape index (κ2) is 6.09. The van der Waals surface area contributed by atoms with Crippen LogP contribution in [0.4, 0.5) is 0 Å². The first kappa shape index (κ1) is 12.5. The van der Waals surface area contributed by atoms with Crippen LogP contribution in [0, 0.1) is 0 Å². The van der Waals surface area contributed by atoms with Gasteiger partial charge in [0, 0.05) is 6.54 Å². The molecule has 0 radical (unpaired) electrons. The van der Waals surface area contributed by atoms with Crippen LogP contribution in [0.1, 0.15) is 25.0 Å². The number of nitrogens with two attached hydrogens (primary N) is 1. The number of hydrogen-bond donors (Lipinski definition) is 1. The maximum atomic E-state index is 5.64. The monoisotopic (exact) mass is 213 g/mol. The van der Waals surface area contributed by atoms with Crippen molar-refractivity contribution in [1.29, 1.82) is 0 Å². The fourth-order valence-electron chi connectivity index (χ4n) is 1.71. The molecule has 1 aromatic rings. The molecule has 0 aliphatic rings. The van der Waals surface area contributed by atoms with Crippen molar-refractivity contribution in [2.75, 3.05) is 0 Å². The van der Waals surface area contributed by atoms with Gasteiger partial charge in [-0.05, 0) is 42.2 Å². The van der Waals surface area contributed by atoms with Crippen molar-refractivity contribution in [1.82, 2.24) is 0 Å². The number of allylic oxidation sites excluding steroid dienone is 5. The Hall–Kier alpha value is -1.60. The summed E-state index contributed by atoms with van der Waals surface area (Å²) in [5, 5.41) is 0. The first-order valence-electron chi connectivity index (χ1n) is 5.48. The Morgan fingerprint density at radius 1 is 1.44 bits per heavy atom. The van der Waals surface area contributed by atoms with Crippen molar-refractivity contribution in [2.24, 2.45) is 5.73 Å². The van der Waals surface area contributed by atoms with Crippen LogP contribution in [0.3, 0.4) is 0 Å². The molecule has 0 bridgehead atoms. The normalized spacial score (nSPS) is 12.7. The fraction of sp³-hybridized carbons (Fsp3) is 0.200. The summed E-state index contributed by atoms with van der Waals surface area (Å²) in [5.41, 5.74) is 10.3. The standard InChI is InChI=1S/C15H19N/c1-4-7-12(3)15(5-2)14-9-6-8-13(10-14)11-16/h4-10H,2,11,16H2,1,3H3/b7-4+,15-12-. The summed E-state index contributed by atoms with van der Waals surface area (Å²) in [6.45, 7) is 8.55. The molecule has 0 fully saturated rings. The SMILES string of the molecule is C=C/C(=C(C)/C=C/C)c1cccc(CN)c1. The van der Waals surface area contributed by atoms with Gasteiger partial charge in [0.15, 0.2) is 0 Å². The van der Waals surface area contributed by atoms with Crippen LogP contribution < -0.4 is 5.73 Å². The highest BCUT2D eigenvalue weighted by atomic mass is 14.5. The van der Waals surface area contributed by atoms with Gasteiger partial charge in [0.2, 0.25) is 0 Å². The highest BCUT2D eigenvalue weighted by Crippen LogP contribution is 2.21. The summed E-state index contributed by atoms with van der Waals surface area (Å²) < 4.78 is 0. The zero-order chi connectivity index (χ0) is 12.0. The van der Waals surface area contributed by atoms with E-state index in [9.17, 15) is 0 Å². The first-order valence-corrected chi connectivity index (χ1v) is 5.48. The minimum absolute atomic E-state index is 0.570. The summed E-state index contributed by atoms with van der Waals surface area (Å²) in [6.07, 6.45) is 6.02. The molecular weight excluding hydrogens is 194 g/mol. The van der Waals surface area contributed by atoms with E-state index in [0.717, 1.165) is 11.1 Å². The Kier molecular flexibility index (Phi) is 4.74. The molecule has 0 atom stereocenters. The summed E-state index contributed by atoms with van der Waals surface area (Å²) >= 11 is 0. The van der Waals surface area contributed by atoms with Gasteiger partial charge in [0.25, 0.3) is 0 Å². The van der Waals surface area contributed by atoms with Crippen molar-refractivity contribution in [2.45, 2.75) is 20.4 Å². The first-order chi connectivity index (χ1) is 7.72. The molecule has 0 unspecified atom stereocenters. The van der Waals surface area contributed by atoms with E-state index in [2.05, 4.69) is 31.7 Å². The van der Waals surface area contributed by atoms with E-state index in [-0.39, 0.29) is 0 Å². The summed E-state index contributed by atoms with van der Waals surface area (Å²) in [4.78, 5) is 0. The second-order valence-electron chi connectivity index (χ2n) is 3.71. The smallest absolute Gasteiger partial charge is 0.0178 e. The predicted octanol–water partition coefficient (Wildman–Crippen LogP) is 3.68. The topological polar surface area (TPSA) is 26.0 Å². The van der Waals surface area contributed by atoms with E-state index in [1.54, 1.807) is 0 Å². The fourth-order valence-corrected chi connectivity index (χ4v) is 1.71. The summed E-state index contributed by atoms with van der Waals surface area (Å²) in [7, 11) is 0. The minimum atomic E-state index is 0.570. The van der Waals surface area contributed by atoms with Crippen molar-refractivity contribution in [3.8, 4) is 0 Å². The molecule has 84 valence electrons. The Morgan fingerprint density at radius 2 is 2.19 bits per heavy atom. The molecule has 16 heavy (non-hydrogen) atoms. The van der Waals surface area contributed by atoms with Gasteiger partial charge in [-0.25, -0.2) is 0 Å². The van der Waals surface area contributed by atoms with Crippen LogP contribution in [0.25, 0.3) is 5.57 Å². The van der Waals surface area contributed by atoms with Crippen molar-refractivity contribution < 1.29 is 0 Å². The predicted molar refractivity (Wildman–Crippen MR) is 71.9 cm³/mol. The quantitative estimate of drug-likeness (QED) is 0.759. The van der Waals surface area contributed by atoms with E-state index in [4.69, 9.17) is 5.73 Å². The molecule has 1 rings (SSSR count). The van der Waals surface area contributed by atoms with Gasteiger partial charge >= 0.3 is 0 Å². The van der Waals surface area contributed by atoms with Crippen LogP contribution in [-0.4, -0.2) is 0 Å². The Morgan fingerprint density at radius 3 is 2.75 bits per heavy atom. The third-order valence-electron chi connectivity index (χ3n) is 2.52. The molecule has 0 aliphatic carbocycles. The average Bonchev–Trinajstić information content (AvgIpc) is 2.31. The zero-order valence-corrected chi connectivity index (χ0v) is 10.0. The van der Waals surface area contributed by atoms with Crippen LogP contribution >= 0.6 is 0 Å². The lowest BCUT2D eigenvalue weighted by molar-refractivity contribution is 1.07. The van der Waals surface area contributed by atoms with Gasteiger partial charge in [0.1, 0.15) is 0 Å². The third kappa shape index (κ3) is 2.94. The molecule has 1 aromatic carbocycles. The van der Waals surface area contributed by atoms with Gasteiger partial charge in [0.05, 0.1) is 0 Å². The van der Waals surface area contributed by atoms with E-state index < -0.39 is 0 Å². The Labute approximate surface area is 98.0 Å². The molecule has 2 N–H and O–H groups in total. The maximum absolute atomic E-state index is 5.64. The molecule has 0 aromatic heterocycles.